The molecule has 0 N–H and O–H groups in total. The van der Waals surface area contributed by atoms with Crippen molar-refractivity contribution in [1.82, 2.24) is 9.80 Å². The Kier molecular flexibility index (Phi) is 6.45. The minimum absolute atomic E-state index is 0.0586. The second-order valence-corrected chi connectivity index (χ2v) is 7.03. The summed E-state index contributed by atoms with van der Waals surface area (Å²) in [6, 6.07) is 10.1. The van der Waals surface area contributed by atoms with Gasteiger partial charge < -0.3 is 14.5 Å². The summed E-state index contributed by atoms with van der Waals surface area (Å²) in [5.41, 5.74) is 1.15. The van der Waals surface area contributed by atoms with Crippen LogP contribution in [-0.2, 0) is 20.9 Å². The van der Waals surface area contributed by atoms with E-state index >= 15 is 0 Å². The monoisotopic (exact) mass is 344 g/mol. The van der Waals surface area contributed by atoms with E-state index in [2.05, 4.69) is 12.1 Å². The average molecular weight is 344 g/mol. The lowest BCUT2D eigenvalue weighted by molar-refractivity contribution is -0.142. The fourth-order valence-electron chi connectivity index (χ4n) is 3.56. The fraction of sp³-hybridized carbons (Fsp3) is 0.600. The highest BCUT2D eigenvalue weighted by Crippen LogP contribution is 2.17. The fourth-order valence-corrected chi connectivity index (χ4v) is 3.56. The van der Waals surface area contributed by atoms with Crippen molar-refractivity contribution in [3.63, 3.8) is 0 Å². The first kappa shape index (κ1) is 17.9. The summed E-state index contributed by atoms with van der Waals surface area (Å²) in [7, 11) is 0. The maximum atomic E-state index is 12.6. The van der Waals surface area contributed by atoms with E-state index in [1.54, 1.807) is 4.90 Å². The number of hydrogen-bond acceptors (Lipinski definition) is 3. The number of carbonyl (C=O) groups is 2. The summed E-state index contributed by atoms with van der Waals surface area (Å²) >= 11 is 0. The summed E-state index contributed by atoms with van der Waals surface area (Å²) in [6.45, 7) is 2.93. The van der Waals surface area contributed by atoms with Gasteiger partial charge in [-0.1, -0.05) is 36.8 Å². The second-order valence-electron chi connectivity index (χ2n) is 7.03. The number of carbonyl (C=O) groups excluding carboxylic acids is 2. The summed E-state index contributed by atoms with van der Waals surface area (Å²) in [5, 5.41) is 0. The molecule has 2 aliphatic rings. The third-order valence-corrected chi connectivity index (χ3v) is 5.06. The SMILES string of the molecule is O=C1CCCCCN1CC(=O)N1CCCC(OCc2ccccc2)C1. The van der Waals surface area contributed by atoms with Gasteiger partial charge in [0, 0.05) is 26.1 Å². The molecule has 2 aliphatic heterocycles. The van der Waals surface area contributed by atoms with E-state index in [4.69, 9.17) is 4.74 Å². The van der Waals surface area contributed by atoms with Crippen molar-refractivity contribution < 1.29 is 14.3 Å². The molecule has 3 rings (SSSR count). The number of benzene rings is 1. The Morgan fingerprint density at radius 2 is 1.92 bits per heavy atom. The molecule has 2 fully saturated rings. The van der Waals surface area contributed by atoms with Crippen LogP contribution in [0.1, 0.15) is 44.1 Å². The van der Waals surface area contributed by atoms with E-state index in [1.807, 2.05) is 23.1 Å². The quantitative estimate of drug-likeness (QED) is 0.825. The zero-order valence-electron chi connectivity index (χ0n) is 14.9. The first-order valence-electron chi connectivity index (χ1n) is 9.43. The molecule has 5 nitrogen and oxygen atoms in total. The van der Waals surface area contributed by atoms with Gasteiger partial charge in [-0.05, 0) is 31.2 Å². The van der Waals surface area contributed by atoms with Crippen molar-refractivity contribution in [2.75, 3.05) is 26.2 Å². The first-order valence-corrected chi connectivity index (χ1v) is 9.43. The molecule has 25 heavy (non-hydrogen) atoms. The number of amides is 2. The zero-order chi connectivity index (χ0) is 17.5. The number of likely N-dealkylation sites (tertiary alicyclic amines) is 2. The predicted molar refractivity (Wildman–Crippen MR) is 95.9 cm³/mol. The van der Waals surface area contributed by atoms with Crippen LogP contribution in [0, 0.1) is 0 Å². The standard InChI is InChI=1S/C20H28N2O3/c23-19-11-5-2-6-12-22(19)15-20(24)21-13-7-10-18(14-21)25-16-17-8-3-1-4-9-17/h1,3-4,8-9,18H,2,5-7,10-16H2. The molecule has 2 amide bonds. The van der Waals surface area contributed by atoms with Gasteiger partial charge >= 0.3 is 0 Å². The summed E-state index contributed by atoms with van der Waals surface area (Å²) in [4.78, 5) is 28.3. The third kappa shape index (κ3) is 5.30. The van der Waals surface area contributed by atoms with E-state index in [-0.39, 0.29) is 24.5 Å². The van der Waals surface area contributed by atoms with Crippen LogP contribution in [0.2, 0.25) is 0 Å². The molecule has 2 heterocycles. The number of nitrogens with zero attached hydrogens (tertiary/aromatic N) is 2. The molecule has 0 radical (unpaired) electrons. The highest BCUT2D eigenvalue weighted by Gasteiger charge is 2.27. The third-order valence-electron chi connectivity index (χ3n) is 5.06. The van der Waals surface area contributed by atoms with E-state index in [0.29, 0.717) is 26.1 Å². The van der Waals surface area contributed by atoms with Gasteiger partial charge in [-0.3, -0.25) is 9.59 Å². The smallest absolute Gasteiger partial charge is 0.242 e. The Morgan fingerprint density at radius 3 is 2.76 bits per heavy atom. The lowest BCUT2D eigenvalue weighted by Gasteiger charge is -2.34. The van der Waals surface area contributed by atoms with Crippen LogP contribution in [0.4, 0.5) is 0 Å². The Balaban J connectivity index is 1.48. The lowest BCUT2D eigenvalue weighted by Crippen LogP contribution is -2.48. The number of ether oxygens (including phenoxy) is 1. The number of piperidine rings is 1. The van der Waals surface area contributed by atoms with Gasteiger partial charge in [0.2, 0.25) is 11.8 Å². The van der Waals surface area contributed by atoms with Gasteiger partial charge in [0.05, 0.1) is 19.3 Å². The average Bonchev–Trinajstić information content (AvgIpc) is 2.85. The van der Waals surface area contributed by atoms with Crippen molar-refractivity contribution in [3.05, 3.63) is 35.9 Å². The summed E-state index contributed by atoms with van der Waals surface area (Å²) < 4.78 is 6.01. The van der Waals surface area contributed by atoms with E-state index < -0.39 is 0 Å². The Morgan fingerprint density at radius 1 is 1.08 bits per heavy atom. The molecule has 0 saturated carbocycles. The van der Waals surface area contributed by atoms with Gasteiger partial charge in [-0.25, -0.2) is 0 Å². The second kappa shape index (κ2) is 8.99. The normalized spacial score (nSPS) is 21.9. The van der Waals surface area contributed by atoms with Crippen molar-refractivity contribution in [3.8, 4) is 0 Å². The highest BCUT2D eigenvalue weighted by molar-refractivity contribution is 5.85. The molecule has 5 heteroatoms. The molecular formula is C20H28N2O3. The van der Waals surface area contributed by atoms with E-state index in [1.165, 1.54) is 0 Å². The molecule has 0 aliphatic carbocycles. The molecule has 0 aromatic heterocycles. The molecule has 0 spiro atoms. The van der Waals surface area contributed by atoms with Gasteiger partial charge in [-0.2, -0.15) is 0 Å². The molecule has 1 aromatic carbocycles. The lowest BCUT2D eigenvalue weighted by atomic mass is 10.1. The molecular weight excluding hydrogens is 316 g/mol. The zero-order valence-corrected chi connectivity index (χ0v) is 14.9. The van der Waals surface area contributed by atoms with Crippen LogP contribution < -0.4 is 0 Å². The Labute approximate surface area is 149 Å². The van der Waals surface area contributed by atoms with Crippen LogP contribution in [0.15, 0.2) is 30.3 Å². The minimum atomic E-state index is 0.0586. The van der Waals surface area contributed by atoms with Crippen LogP contribution in [-0.4, -0.2) is 53.9 Å². The number of rotatable bonds is 5. The van der Waals surface area contributed by atoms with E-state index in [9.17, 15) is 9.59 Å². The van der Waals surface area contributed by atoms with Crippen molar-refractivity contribution >= 4 is 11.8 Å². The van der Waals surface area contributed by atoms with Crippen LogP contribution in [0.25, 0.3) is 0 Å². The van der Waals surface area contributed by atoms with Gasteiger partial charge in [0.15, 0.2) is 0 Å². The topological polar surface area (TPSA) is 49.9 Å². The summed E-state index contributed by atoms with van der Waals surface area (Å²) in [5.74, 6) is 0.183. The highest BCUT2D eigenvalue weighted by atomic mass is 16.5. The Hall–Kier alpha value is -1.88. The molecule has 1 unspecified atom stereocenters. The van der Waals surface area contributed by atoms with Crippen LogP contribution in [0.3, 0.4) is 0 Å². The van der Waals surface area contributed by atoms with Crippen molar-refractivity contribution in [2.24, 2.45) is 0 Å². The molecule has 1 atom stereocenters. The molecule has 1 aromatic rings. The summed E-state index contributed by atoms with van der Waals surface area (Å²) in [6.07, 6.45) is 5.63. The number of hydrogen-bond donors (Lipinski definition) is 0. The molecule has 2 saturated heterocycles. The van der Waals surface area contributed by atoms with Crippen molar-refractivity contribution in [1.29, 1.82) is 0 Å². The van der Waals surface area contributed by atoms with Gasteiger partial charge in [0.25, 0.3) is 0 Å². The van der Waals surface area contributed by atoms with Gasteiger partial charge in [0.1, 0.15) is 0 Å². The predicted octanol–water partition coefficient (Wildman–Crippen LogP) is 2.60. The van der Waals surface area contributed by atoms with Crippen molar-refractivity contribution in [2.45, 2.75) is 51.2 Å². The maximum Gasteiger partial charge on any atom is 0.242 e. The first-order chi connectivity index (χ1) is 12.2. The minimum Gasteiger partial charge on any atom is -0.372 e. The Bertz CT molecular complexity index is 576. The maximum absolute atomic E-state index is 12.6. The largest absolute Gasteiger partial charge is 0.372 e. The van der Waals surface area contributed by atoms with E-state index in [0.717, 1.165) is 44.2 Å². The molecule has 136 valence electrons. The van der Waals surface area contributed by atoms with Crippen LogP contribution in [0.5, 0.6) is 0 Å². The molecule has 0 bridgehead atoms. The van der Waals surface area contributed by atoms with Gasteiger partial charge in [-0.15, -0.1) is 0 Å². The van der Waals surface area contributed by atoms with Crippen LogP contribution >= 0.6 is 0 Å².